The van der Waals surface area contributed by atoms with E-state index in [1.807, 2.05) is 72.8 Å². The van der Waals surface area contributed by atoms with Crippen molar-refractivity contribution in [2.24, 2.45) is 5.92 Å². The molecule has 0 saturated carbocycles. The molecule has 0 fully saturated rings. The van der Waals surface area contributed by atoms with E-state index in [-0.39, 0.29) is 24.8 Å². The van der Waals surface area contributed by atoms with Gasteiger partial charge in [0.25, 0.3) is 0 Å². The SMILES string of the molecule is COc1cccc(CN(C(=O)CCc2ccc(OC)c(OC)c2)[C@H](Cc2ccccc2)C(=O)NCC(C)C)c1. The number of nitrogens with zero attached hydrogens (tertiary/aromatic N) is 1. The van der Waals surface area contributed by atoms with Crippen LogP contribution in [0, 0.1) is 5.92 Å². The molecule has 7 nitrogen and oxygen atoms in total. The second-order valence-electron chi connectivity index (χ2n) is 9.91. The predicted octanol–water partition coefficient (Wildman–Crippen LogP) is 5.06. The Hall–Kier alpha value is -4.00. The molecule has 0 radical (unpaired) electrons. The molecule has 2 amide bonds. The Kier molecular flexibility index (Phi) is 11.2. The van der Waals surface area contributed by atoms with Crippen molar-refractivity contribution in [3.8, 4) is 17.2 Å². The van der Waals surface area contributed by atoms with Crippen molar-refractivity contribution in [2.45, 2.75) is 45.7 Å². The molecule has 3 aromatic rings. The summed E-state index contributed by atoms with van der Waals surface area (Å²) in [7, 11) is 4.80. The Balaban J connectivity index is 1.92. The Morgan fingerprint density at radius 1 is 0.795 bits per heavy atom. The summed E-state index contributed by atoms with van der Waals surface area (Å²) in [5.74, 6) is 1.99. The molecule has 3 aromatic carbocycles. The van der Waals surface area contributed by atoms with Crippen molar-refractivity contribution in [1.82, 2.24) is 10.2 Å². The highest BCUT2D eigenvalue weighted by Crippen LogP contribution is 2.28. The van der Waals surface area contributed by atoms with Crippen LogP contribution < -0.4 is 19.5 Å². The van der Waals surface area contributed by atoms with Crippen LogP contribution in [0.15, 0.2) is 72.8 Å². The average molecular weight is 533 g/mol. The van der Waals surface area contributed by atoms with Crippen LogP contribution in [-0.4, -0.2) is 50.6 Å². The van der Waals surface area contributed by atoms with Gasteiger partial charge in [0.15, 0.2) is 11.5 Å². The van der Waals surface area contributed by atoms with Crippen LogP contribution in [0.4, 0.5) is 0 Å². The first kappa shape index (κ1) is 29.6. The summed E-state index contributed by atoms with van der Waals surface area (Å²) in [5.41, 5.74) is 2.83. The van der Waals surface area contributed by atoms with Gasteiger partial charge in [-0.1, -0.05) is 62.4 Å². The van der Waals surface area contributed by atoms with Gasteiger partial charge in [-0.15, -0.1) is 0 Å². The van der Waals surface area contributed by atoms with Crippen LogP contribution in [0.5, 0.6) is 17.2 Å². The fraction of sp³-hybridized carbons (Fsp3) is 0.375. The van der Waals surface area contributed by atoms with E-state index in [1.54, 1.807) is 26.2 Å². The van der Waals surface area contributed by atoms with Gasteiger partial charge in [0.1, 0.15) is 11.8 Å². The molecule has 208 valence electrons. The molecule has 0 unspecified atom stereocenters. The number of hydrogen-bond donors (Lipinski definition) is 1. The molecule has 0 aliphatic carbocycles. The number of hydrogen-bond acceptors (Lipinski definition) is 5. The van der Waals surface area contributed by atoms with Crippen molar-refractivity contribution >= 4 is 11.8 Å². The van der Waals surface area contributed by atoms with Crippen molar-refractivity contribution in [2.75, 3.05) is 27.9 Å². The highest BCUT2D eigenvalue weighted by molar-refractivity contribution is 5.88. The first-order valence-corrected chi connectivity index (χ1v) is 13.3. The van der Waals surface area contributed by atoms with Gasteiger partial charge in [-0.05, 0) is 53.3 Å². The second-order valence-corrected chi connectivity index (χ2v) is 9.91. The van der Waals surface area contributed by atoms with Gasteiger partial charge in [-0.3, -0.25) is 9.59 Å². The van der Waals surface area contributed by atoms with Gasteiger partial charge in [-0.25, -0.2) is 0 Å². The van der Waals surface area contributed by atoms with Crippen LogP contribution in [0.3, 0.4) is 0 Å². The normalized spacial score (nSPS) is 11.5. The largest absolute Gasteiger partial charge is 0.497 e. The minimum Gasteiger partial charge on any atom is -0.497 e. The summed E-state index contributed by atoms with van der Waals surface area (Å²) < 4.78 is 16.2. The van der Waals surface area contributed by atoms with Crippen LogP contribution >= 0.6 is 0 Å². The molecule has 39 heavy (non-hydrogen) atoms. The number of carbonyl (C=O) groups is 2. The summed E-state index contributed by atoms with van der Waals surface area (Å²) in [6.45, 7) is 4.93. The van der Waals surface area contributed by atoms with Crippen molar-refractivity contribution in [1.29, 1.82) is 0 Å². The van der Waals surface area contributed by atoms with Crippen LogP contribution in [0.2, 0.25) is 0 Å². The maximum Gasteiger partial charge on any atom is 0.243 e. The lowest BCUT2D eigenvalue weighted by molar-refractivity contribution is -0.141. The van der Waals surface area contributed by atoms with Crippen LogP contribution in [0.1, 0.15) is 37.0 Å². The Bertz CT molecular complexity index is 1210. The quantitative estimate of drug-likeness (QED) is 0.314. The fourth-order valence-corrected chi connectivity index (χ4v) is 4.38. The highest BCUT2D eigenvalue weighted by Gasteiger charge is 2.30. The van der Waals surface area contributed by atoms with Crippen LogP contribution in [0.25, 0.3) is 0 Å². The van der Waals surface area contributed by atoms with Crippen LogP contribution in [-0.2, 0) is 29.0 Å². The molecule has 7 heteroatoms. The standard InChI is InChI=1S/C32H40N2O5/c1-23(2)21-33-32(36)28(19-24-10-7-6-8-11-24)34(22-26-12-9-13-27(18-26)37-3)31(35)17-15-25-14-16-29(38-4)30(20-25)39-5/h6-14,16,18,20,23,28H,15,17,19,21-22H2,1-5H3,(H,33,36)/t28-/m1/s1. The summed E-state index contributed by atoms with van der Waals surface area (Å²) in [6, 6.07) is 22.4. The third-order valence-corrected chi connectivity index (χ3v) is 6.52. The van der Waals surface area contributed by atoms with Gasteiger partial charge in [0, 0.05) is 25.9 Å². The number of amides is 2. The lowest BCUT2D eigenvalue weighted by atomic mass is 10.0. The molecule has 0 saturated heterocycles. The van der Waals surface area contributed by atoms with Gasteiger partial charge in [-0.2, -0.15) is 0 Å². The maximum absolute atomic E-state index is 13.9. The molecule has 0 aliphatic heterocycles. The Morgan fingerprint density at radius 2 is 1.51 bits per heavy atom. The summed E-state index contributed by atoms with van der Waals surface area (Å²) in [5, 5.41) is 3.06. The highest BCUT2D eigenvalue weighted by atomic mass is 16.5. The topological polar surface area (TPSA) is 77.1 Å². The number of methoxy groups -OCH3 is 3. The smallest absolute Gasteiger partial charge is 0.243 e. The average Bonchev–Trinajstić information content (AvgIpc) is 2.96. The number of carbonyl (C=O) groups excluding carboxylic acids is 2. The zero-order valence-electron chi connectivity index (χ0n) is 23.6. The number of ether oxygens (including phenoxy) is 3. The zero-order chi connectivity index (χ0) is 28.2. The number of aryl methyl sites for hydroxylation is 1. The van der Waals surface area contributed by atoms with Gasteiger partial charge >= 0.3 is 0 Å². The van der Waals surface area contributed by atoms with Gasteiger partial charge < -0.3 is 24.4 Å². The zero-order valence-corrected chi connectivity index (χ0v) is 23.6. The first-order valence-electron chi connectivity index (χ1n) is 13.3. The predicted molar refractivity (Wildman–Crippen MR) is 153 cm³/mol. The Morgan fingerprint density at radius 3 is 2.18 bits per heavy atom. The van der Waals surface area contributed by atoms with E-state index < -0.39 is 6.04 Å². The number of benzene rings is 3. The molecule has 0 spiro atoms. The van der Waals surface area contributed by atoms with E-state index >= 15 is 0 Å². The molecule has 0 bridgehead atoms. The molecule has 0 aromatic heterocycles. The van der Waals surface area contributed by atoms with E-state index in [1.165, 1.54) is 0 Å². The molecule has 1 N–H and O–H groups in total. The van der Waals surface area contributed by atoms with E-state index in [2.05, 4.69) is 19.2 Å². The molecular formula is C32H40N2O5. The third-order valence-electron chi connectivity index (χ3n) is 6.52. The van der Waals surface area contributed by atoms with Crippen molar-refractivity contribution in [3.63, 3.8) is 0 Å². The van der Waals surface area contributed by atoms with Gasteiger partial charge in [0.05, 0.1) is 21.3 Å². The first-order chi connectivity index (χ1) is 18.8. The van der Waals surface area contributed by atoms with Gasteiger partial charge in [0.2, 0.25) is 11.8 Å². The minimum atomic E-state index is -0.671. The fourth-order valence-electron chi connectivity index (χ4n) is 4.38. The molecule has 0 aliphatic rings. The number of nitrogens with one attached hydrogen (secondary N) is 1. The lowest BCUT2D eigenvalue weighted by Gasteiger charge is -2.32. The molecular weight excluding hydrogens is 492 g/mol. The third kappa shape index (κ3) is 8.77. The summed E-state index contributed by atoms with van der Waals surface area (Å²) in [4.78, 5) is 29.2. The molecule has 0 heterocycles. The minimum absolute atomic E-state index is 0.103. The maximum atomic E-state index is 13.9. The lowest BCUT2D eigenvalue weighted by Crippen LogP contribution is -2.51. The molecule has 1 atom stereocenters. The Labute approximate surface area is 232 Å². The van der Waals surface area contributed by atoms with E-state index in [0.29, 0.717) is 42.6 Å². The van der Waals surface area contributed by atoms with E-state index in [9.17, 15) is 9.59 Å². The van der Waals surface area contributed by atoms with E-state index in [0.717, 1.165) is 16.7 Å². The summed E-state index contributed by atoms with van der Waals surface area (Å²) in [6.07, 6.45) is 1.15. The van der Waals surface area contributed by atoms with Crippen molar-refractivity contribution < 1.29 is 23.8 Å². The van der Waals surface area contributed by atoms with Crippen molar-refractivity contribution in [3.05, 3.63) is 89.5 Å². The monoisotopic (exact) mass is 532 g/mol. The second kappa shape index (κ2) is 14.8. The number of rotatable bonds is 14. The summed E-state index contributed by atoms with van der Waals surface area (Å²) >= 11 is 0. The molecule has 3 rings (SSSR count). The van der Waals surface area contributed by atoms with E-state index in [4.69, 9.17) is 14.2 Å².